The van der Waals surface area contributed by atoms with E-state index in [0.29, 0.717) is 48.6 Å². The third-order valence-electron chi connectivity index (χ3n) is 4.70. The minimum absolute atomic E-state index is 0.111. The van der Waals surface area contributed by atoms with Crippen molar-refractivity contribution in [1.82, 2.24) is 19.9 Å². The highest BCUT2D eigenvalue weighted by molar-refractivity contribution is 6.30. The summed E-state index contributed by atoms with van der Waals surface area (Å²) in [4.78, 5) is 29.3. The Balaban J connectivity index is 1.28. The maximum atomic E-state index is 12.5. The Kier molecular flexibility index (Phi) is 5.53. The number of aryl methyl sites for hydroxylation is 1. The first kappa shape index (κ1) is 18.4. The Bertz CT molecular complexity index is 921. The van der Waals surface area contributed by atoms with Gasteiger partial charge in [0.1, 0.15) is 0 Å². The molecule has 28 heavy (non-hydrogen) atoms. The number of piperazine rings is 1. The maximum absolute atomic E-state index is 12.5. The van der Waals surface area contributed by atoms with Crippen LogP contribution in [0.25, 0.3) is 11.3 Å². The van der Waals surface area contributed by atoms with Gasteiger partial charge in [-0.1, -0.05) is 11.6 Å². The van der Waals surface area contributed by atoms with Gasteiger partial charge in [-0.15, -0.1) is 0 Å². The van der Waals surface area contributed by atoms with E-state index in [0.717, 1.165) is 18.7 Å². The van der Waals surface area contributed by atoms with Gasteiger partial charge in [0, 0.05) is 62.0 Å². The highest BCUT2D eigenvalue weighted by atomic mass is 35.5. The van der Waals surface area contributed by atoms with E-state index in [1.165, 1.54) is 0 Å². The lowest BCUT2D eigenvalue weighted by atomic mass is 10.2. The monoisotopic (exact) mass is 397 g/mol. The van der Waals surface area contributed by atoms with E-state index in [1.807, 2.05) is 29.2 Å². The van der Waals surface area contributed by atoms with E-state index in [2.05, 4.69) is 19.9 Å². The largest absolute Gasteiger partial charge is 0.441 e. The molecule has 0 saturated carbocycles. The molecule has 1 aromatic carbocycles. The Morgan fingerprint density at radius 2 is 1.75 bits per heavy atom. The summed E-state index contributed by atoms with van der Waals surface area (Å²) in [6.45, 7) is 2.79. The normalized spacial score (nSPS) is 14.3. The standard InChI is InChI=1S/C20H20ClN5O2/c21-16-4-2-15(3-5-16)17-14-24-18(28-17)6-7-19(27)25-10-12-26(13-11-25)20-22-8-1-9-23-20/h1-5,8-9,14H,6-7,10-13H2. The van der Waals surface area contributed by atoms with Crippen LogP contribution in [0.1, 0.15) is 12.3 Å². The molecule has 4 rings (SSSR count). The summed E-state index contributed by atoms with van der Waals surface area (Å²) >= 11 is 5.91. The lowest BCUT2D eigenvalue weighted by Gasteiger charge is -2.34. The molecule has 0 spiro atoms. The van der Waals surface area contributed by atoms with Gasteiger partial charge in [0.05, 0.1) is 6.20 Å². The van der Waals surface area contributed by atoms with Crippen molar-refractivity contribution >= 4 is 23.5 Å². The zero-order valence-corrected chi connectivity index (χ0v) is 16.0. The summed E-state index contributed by atoms with van der Waals surface area (Å²) in [6, 6.07) is 9.18. The summed E-state index contributed by atoms with van der Waals surface area (Å²) < 4.78 is 5.77. The minimum Gasteiger partial charge on any atom is -0.441 e. The van der Waals surface area contributed by atoms with Gasteiger partial charge in [0.25, 0.3) is 0 Å². The number of nitrogens with zero attached hydrogens (tertiary/aromatic N) is 5. The number of carbonyl (C=O) groups is 1. The van der Waals surface area contributed by atoms with Crippen molar-refractivity contribution in [1.29, 1.82) is 0 Å². The fraction of sp³-hybridized carbons (Fsp3) is 0.300. The van der Waals surface area contributed by atoms with Crippen LogP contribution in [0.2, 0.25) is 5.02 Å². The molecule has 0 radical (unpaired) electrons. The van der Waals surface area contributed by atoms with Crippen molar-refractivity contribution in [3.8, 4) is 11.3 Å². The first-order chi connectivity index (χ1) is 13.7. The number of oxazole rings is 1. The molecular weight excluding hydrogens is 378 g/mol. The molecule has 0 bridgehead atoms. The summed E-state index contributed by atoms with van der Waals surface area (Å²) in [5.41, 5.74) is 0.911. The molecule has 3 heterocycles. The van der Waals surface area contributed by atoms with Crippen LogP contribution in [0.3, 0.4) is 0 Å². The smallest absolute Gasteiger partial charge is 0.225 e. The second kappa shape index (κ2) is 8.39. The lowest BCUT2D eigenvalue weighted by molar-refractivity contribution is -0.131. The molecule has 1 aliphatic heterocycles. The van der Waals surface area contributed by atoms with Gasteiger partial charge in [0.15, 0.2) is 11.7 Å². The zero-order valence-electron chi connectivity index (χ0n) is 15.3. The number of amides is 1. The van der Waals surface area contributed by atoms with Crippen LogP contribution in [-0.4, -0.2) is 51.9 Å². The summed E-state index contributed by atoms with van der Waals surface area (Å²) in [7, 11) is 0. The van der Waals surface area contributed by atoms with Gasteiger partial charge in [0.2, 0.25) is 11.9 Å². The van der Waals surface area contributed by atoms with Crippen LogP contribution in [0, 0.1) is 0 Å². The highest BCUT2D eigenvalue weighted by Gasteiger charge is 2.22. The Hall–Kier alpha value is -2.93. The SMILES string of the molecule is O=C(CCc1ncc(-c2ccc(Cl)cc2)o1)N1CCN(c2ncccn2)CC1. The second-order valence-electron chi connectivity index (χ2n) is 6.54. The number of halogens is 1. The molecule has 8 heteroatoms. The van der Waals surface area contributed by atoms with Crippen LogP contribution in [0.4, 0.5) is 5.95 Å². The lowest BCUT2D eigenvalue weighted by Crippen LogP contribution is -2.49. The summed E-state index contributed by atoms with van der Waals surface area (Å²) in [5, 5.41) is 0.674. The number of rotatable bonds is 5. The summed E-state index contributed by atoms with van der Waals surface area (Å²) in [6.07, 6.45) is 6.00. The molecule has 2 aromatic heterocycles. The van der Waals surface area contributed by atoms with Crippen LogP contribution >= 0.6 is 11.6 Å². The minimum atomic E-state index is 0.111. The van der Waals surface area contributed by atoms with Crippen molar-refractivity contribution in [3.05, 3.63) is 59.8 Å². The van der Waals surface area contributed by atoms with Crippen LogP contribution in [0.15, 0.2) is 53.3 Å². The summed E-state index contributed by atoms with van der Waals surface area (Å²) in [5.74, 6) is 2.06. The molecule has 144 valence electrons. The van der Waals surface area contributed by atoms with Crippen LogP contribution < -0.4 is 4.90 Å². The van der Waals surface area contributed by atoms with Crippen molar-refractivity contribution in [2.75, 3.05) is 31.1 Å². The van der Waals surface area contributed by atoms with E-state index >= 15 is 0 Å². The van der Waals surface area contributed by atoms with Gasteiger partial charge in [-0.2, -0.15) is 0 Å². The Labute approximate surface area is 168 Å². The molecule has 1 fully saturated rings. The molecule has 7 nitrogen and oxygen atoms in total. The third-order valence-corrected chi connectivity index (χ3v) is 4.95. The van der Waals surface area contributed by atoms with Crippen molar-refractivity contribution < 1.29 is 9.21 Å². The van der Waals surface area contributed by atoms with Crippen LogP contribution in [-0.2, 0) is 11.2 Å². The molecule has 0 unspecified atom stereocenters. The molecule has 0 aliphatic carbocycles. The number of hydrogen-bond acceptors (Lipinski definition) is 6. The number of benzene rings is 1. The van der Waals surface area contributed by atoms with Crippen molar-refractivity contribution in [2.24, 2.45) is 0 Å². The Morgan fingerprint density at radius 3 is 2.46 bits per heavy atom. The Morgan fingerprint density at radius 1 is 1.04 bits per heavy atom. The van der Waals surface area contributed by atoms with E-state index in [1.54, 1.807) is 24.7 Å². The topological polar surface area (TPSA) is 75.4 Å². The van der Waals surface area contributed by atoms with Gasteiger partial charge in [-0.3, -0.25) is 4.79 Å². The molecule has 0 N–H and O–H groups in total. The predicted octanol–water partition coefficient (Wildman–Crippen LogP) is 3.07. The number of aromatic nitrogens is 3. The van der Waals surface area contributed by atoms with Gasteiger partial charge in [-0.25, -0.2) is 15.0 Å². The quantitative estimate of drug-likeness (QED) is 0.658. The van der Waals surface area contributed by atoms with Gasteiger partial charge >= 0.3 is 0 Å². The van der Waals surface area contributed by atoms with E-state index < -0.39 is 0 Å². The predicted molar refractivity (Wildman–Crippen MR) is 106 cm³/mol. The number of hydrogen-bond donors (Lipinski definition) is 0. The average molecular weight is 398 g/mol. The van der Waals surface area contributed by atoms with Gasteiger partial charge < -0.3 is 14.2 Å². The first-order valence-electron chi connectivity index (χ1n) is 9.19. The molecule has 1 aliphatic rings. The molecule has 3 aromatic rings. The van der Waals surface area contributed by atoms with Crippen molar-refractivity contribution in [3.63, 3.8) is 0 Å². The fourth-order valence-corrected chi connectivity index (χ4v) is 3.28. The molecule has 1 saturated heterocycles. The van der Waals surface area contributed by atoms with E-state index in [-0.39, 0.29) is 5.91 Å². The highest BCUT2D eigenvalue weighted by Crippen LogP contribution is 2.23. The molecule has 0 atom stereocenters. The van der Waals surface area contributed by atoms with E-state index in [4.69, 9.17) is 16.0 Å². The van der Waals surface area contributed by atoms with Gasteiger partial charge in [-0.05, 0) is 30.3 Å². The van der Waals surface area contributed by atoms with E-state index in [9.17, 15) is 4.79 Å². The molecule has 1 amide bonds. The number of anilines is 1. The first-order valence-corrected chi connectivity index (χ1v) is 9.57. The van der Waals surface area contributed by atoms with Crippen LogP contribution in [0.5, 0.6) is 0 Å². The fourth-order valence-electron chi connectivity index (χ4n) is 3.16. The van der Waals surface area contributed by atoms with Crippen molar-refractivity contribution in [2.45, 2.75) is 12.8 Å². The maximum Gasteiger partial charge on any atom is 0.225 e. The average Bonchev–Trinajstić information content (AvgIpc) is 3.22. The molecular formula is C20H20ClN5O2. The zero-order chi connectivity index (χ0) is 19.3. The second-order valence-corrected chi connectivity index (χ2v) is 6.98. The number of carbonyl (C=O) groups excluding carboxylic acids is 1. The third kappa shape index (κ3) is 4.31.